The van der Waals surface area contributed by atoms with Gasteiger partial charge in [0.2, 0.25) is 0 Å². The molecule has 1 unspecified atom stereocenters. The van der Waals surface area contributed by atoms with E-state index >= 15 is 0 Å². The number of rotatable bonds is 9. The average molecular weight is 226 g/mol. The molecule has 1 aliphatic carbocycles. The van der Waals surface area contributed by atoms with E-state index in [9.17, 15) is 0 Å². The zero-order valence-corrected chi connectivity index (χ0v) is 11.6. The average Bonchev–Trinajstić information content (AvgIpc) is 3.05. The van der Waals surface area contributed by atoms with Crippen LogP contribution in [0.3, 0.4) is 0 Å². The van der Waals surface area contributed by atoms with Crippen LogP contribution >= 0.6 is 0 Å². The summed E-state index contributed by atoms with van der Waals surface area (Å²) in [4.78, 5) is 2.76. The summed E-state index contributed by atoms with van der Waals surface area (Å²) in [5.74, 6) is 0.761. The van der Waals surface area contributed by atoms with Crippen LogP contribution in [0.5, 0.6) is 0 Å². The molecule has 0 heterocycles. The van der Waals surface area contributed by atoms with Gasteiger partial charge >= 0.3 is 0 Å². The predicted octanol–water partition coefficient (Wildman–Crippen LogP) is 2.89. The van der Waals surface area contributed by atoms with Gasteiger partial charge in [-0.2, -0.15) is 0 Å². The van der Waals surface area contributed by atoms with E-state index in [-0.39, 0.29) is 0 Å². The zero-order valence-electron chi connectivity index (χ0n) is 11.6. The van der Waals surface area contributed by atoms with Crippen molar-refractivity contribution in [2.75, 3.05) is 19.6 Å². The second-order valence-corrected chi connectivity index (χ2v) is 5.48. The summed E-state index contributed by atoms with van der Waals surface area (Å²) in [6.45, 7) is 12.9. The quantitative estimate of drug-likeness (QED) is 0.608. The Bertz CT molecular complexity index is 176. The SMILES string of the molecule is CCCNCC(C(C)C)N(CCC)C1CC1. The van der Waals surface area contributed by atoms with Crippen LogP contribution in [0.15, 0.2) is 0 Å². The fourth-order valence-corrected chi connectivity index (χ4v) is 2.45. The van der Waals surface area contributed by atoms with Crippen LogP contribution < -0.4 is 5.32 Å². The van der Waals surface area contributed by atoms with Gasteiger partial charge in [-0.1, -0.05) is 27.7 Å². The maximum atomic E-state index is 3.60. The van der Waals surface area contributed by atoms with Gasteiger partial charge in [0, 0.05) is 18.6 Å². The van der Waals surface area contributed by atoms with E-state index < -0.39 is 0 Å². The van der Waals surface area contributed by atoms with Crippen LogP contribution in [0.25, 0.3) is 0 Å². The highest BCUT2D eigenvalue weighted by molar-refractivity contribution is 4.90. The van der Waals surface area contributed by atoms with Crippen LogP contribution in [0.2, 0.25) is 0 Å². The van der Waals surface area contributed by atoms with E-state index in [4.69, 9.17) is 0 Å². The molecule has 0 radical (unpaired) electrons. The van der Waals surface area contributed by atoms with E-state index in [2.05, 4.69) is 37.9 Å². The van der Waals surface area contributed by atoms with Crippen molar-refractivity contribution in [1.82, 2.24) is 10.2 Å². The number of hydrogen-bond donors (Lipinski definition) is 1. The summed E-state index contributed by atoms with van der Waals surface area (Å²) in [6, 6.07) is 1.63. The molecule has 1 N–H and O–H groups in total. The number of hydrogen-bond acceptors (Lipinski definition) is 2. The highest BCUT2D eigenvalue weighted by Crippen LogP contribution is 2.30. The Morgan fingerprint density at radius 1 is 1.19 bits per heavy atom. The first kappa shape index (κ1) is 14.0. The van der Waals surface area contributed by atoms with E-state index in [1.54, 1.807) is 0 Å². The van der Waals surface area contributed by atoms with E-state index in [0.717, 1.165) is 24.5 Å². The molecule has 0 amide bonds. The molecule has 16 heavy (non-hydrogen) atoms. The lowest BCUT2D eigenvalue weighted by molar-refractivity contribution is 0.142. The van der Waals surface area contributed by atoms with Gasteiger partial charge < -0.3 is 5.32 Å². The minimum absolute atomic E-state index is 0.735. The maximum Gasteiger partial charge on any atom is 0.0246 e. The van der Waals surface area contributed by atoms with Crippen LogP contribution in [0, 0.1) is 5.92 Å². The van der Waals surface area contributed by atoms with Crippen molar-refractivity contribution in [3.63, 3.8) is 0 Å². The van der Waals surface area contributed by atoms with Crippen LogP contribution in [-0.4, -0.2) is 36.6 Å². The Morgan fingerprint density at radius 2 is 1.88 bits per heavy atom. The van der Waals surface area contributed by atoms with E-state index in [1.807, 2.05) is 0 Å². The van der Waals surface area contributed by atoms with Gasteiger partial charge in [-0.25, -0.2) is 0 Å². The first-order chi connectivity index (χ1) is 7.70. The van der Waals surface area contributed by atoms with E-state index in [1.165, 1.54) is 38.8 Å². The Morgan fingerprint density at radius 3 is 2.31 bits per heavy atom. The third-order valence-corrected chi connectivity index (χ3v) is 3.47. The Kier molecular flexibility index (Phi) is 6.37. The maximum absolute atomic E-state index is 3.60. The van der Waals surface area contributed by atoms with Crippen molar-refractivity contribution < 1.29 is 0 Å². The van der Waals surface area contributed by atoms with Crippen LogP contribution in [0.4, 0.5) is 0 Å². The standard InChI is InChI=1S/C14H30N2/c1-5-9-15-11-14(12(3)4)16(10-6-2)13-7-8-13/h12-15H,5-11H2,1-4H3. The minimum atomic E-state index is 0.735. The van der Waals surface area contributed by atoms with Crippen molar-refractivity contribution in [2.45, 2.75) is 65.5 Å². The highest BCUT2D eigenvalue weighted by atomic mass is 15.2. The molecule has 0 aromatic heterocycles. The molecule has 96 valence electrons. The molecule has 0 aliphatic heterocycles. The molecule has 0 bridgehead atoms. The molecular weight excluding hydrogens is 196 g/mol. The fourth-order valence-electron chi connectivity index (χ4n) is 2.45. The first-order valence-corrected chi connectivity index (χ1v) is 7.17. The second-order valence-electron chi connectivity index (χ2n) is 5.48. The van der Waals surface area contributed by atoms with Gasteiger partial charge in [0.05, 0.1) is 0 Å². The topological polar surface area (TPSA) is 15.3 Å². The summed E-state index contributed by atoms with van der Waals surface area (Å²) in [5.41, 5.74) is 0. The number of nitrogens with one attached hydrogen (secondary N) is 1. The molecule has 1 fully saturated rings. The predicted molar refractivity (Wildman–Crippen MR) is 71.8 cm³/mol. The Labute approximate surface area is 102 Å². The summed E-state index contributed by atoms with van der Waals surface area (Å²) in [5, 5.41) is 3.60. The summed E-state index contributed by atoms with van der Waals surface area (Å²) in [6.07, 6.45) is 5.38. The monoisotopic (exact) mass is 226 g/mol. The van der Waals surface area contributed by atoms with Gasteiger partial charge in [-0.05, 0) is 44.7 Å². The second kappa shape index (κ2) is 7.29. The molecule has 2 heteroatoms. The summed E-state index contributed by atoms with van der Waals surface area (Å²) in [7, 11) is 0. The smallest absolute Gasteiger partial charge is 0.0246 e. The van der Waals surface area contributed by atoms with Crippen molar-refractivity contribution in [2.24, 2.45) is 5.92 Å². The van der Waals surface area contributed by atoms with Crippen LogP contribution in [0.1, 0.15) is 53.4 Å². The molecular formula is C14H30N2. The van der Waals surface area contributed by atoms with E-state index in [0.29, 0.717) is 0 Å². The zero-order chi connectivity index (χ0) is 12.0. The molecule has 1 aliphatic rings. The third-order valence-electron chi connectivity index (χ3n) is 3.47. The molecule has 2 nitrogen and oxygen atoms in total. The van der Waals surface area contributed by atoms with Gasteiger partial charge in [-0.3, -0.25) is 4.90 Å². The lowest BCUT2D eigenvalue weighted by Gasteiger charge is -2.34. The molecule has 0 saturated heterocycles. The molecule has 1 atom stereocenters. The highest BCUT2D eigenvalue weighted by Gasteiger charge is 2.34. The third kappa shape index (κ3) is 4.42. The first-order valence-electron chi connectivity index (χ1n) is 7.17. The van der Waals surface area contributed by atoms with Gasteiger partial charge in [-0.15, -0.1) is 0 Å². The van der Waals surface area contributed by atoms with Crippen molar-refractivity contribution in [1.29, 1.82) is 0 Å². The van der Waals surface area contributed by atoms with Gasteiger partial charge in [0.1, 0.15) is 0 Å². The Hall–Kier alpha value is -0.0800. The van der Waals surface area contributed by atoms with Crippen LogP contribution in [-0.2, 0) is 0 Å². The lowest BCUT2D eigenvalue weighted by atomic mass is 10.0. The molecule has 0 aromatic carbocycles. The largest absolute Gasteiger partial charge is 0.315 e. The summed E-state index contributed by atoms with van der Waals surface area (Å²) < 4.78 is 0. The lowest BCUT2D eigenvalue weighted by Crippen LogP contribution is -2.47. The van der Waals surface area contributed by atoms with Crippen molar-refractivity contribution >= 4 is 0 Å². The van der Waals surface area contributed by atoms with Crippen molar-refractivity contribution in [3.8, 4) is 0 Å². The summed E-state index contributed by atoms with van der Waals surface area (Å²) >= 11 is 0. The fraction of sp³-hybridized carbons (Fsp3) is 1.00. The molecule has 1 rings (SSSR count). The minimum Gasteiger partial charge on any atom is -0.315 e. The van der Waals surface area contributed by atoms with Crippen molar-refractivity contribution in [3.05, 3.63) is 0 Å². The molecule has 0 spiro atoms. The normalized spacial score (nSPS) is 18.4. The van der Waals surface area contributed by atoms with Gasteiger partial charge in [0.15, 0.2) is 0 Å². The van der Waals surface area contributed by atoms with Gasteiger partial charge in [0.25, 0.3) is 0 Å². The Balaban J connectivity index is 2.44. The molecule has 0 aromatic rings. The molecule has 1 saturated carbocycles. The number of nitrogens with zero attached hydrogens (tertiary/aromatic N) is 1.